The molecule has 0 aliphatic carbocycles. The van der Waals surface area contributed by atoms with Gasteiger partial charge in [-0.25, -0.2) is 0 Å². The molecular formula is C15H29N3O. The van der Waals surface area contributed by atoms with Crippen molar-refractivity contribution in [1.82, 2.24) is 15.0 Å². The maximum absolute atomic E-state index is 6.01. The van der Waals surface area contributed by atoms with Gasteiger partial charge in [-0.05, 0) is 31.6 Å². The zero-order chi connectivity index (χ0) is 14.7. The predicted octanol–water partition coefficient (Wildman–Crippen LogP) is 3.63. The van der Waals surface area contributed by atoms with Crippen molar-refractivity contribution in [2.24, 2.45) is 5.41 Å². The number of aryl methyl sites for hydroxylation is 1. The summed E-state index contributed by atoms with van der Waals surface area (Å²) in [7, 11) is 0. The second-order valence-electron chi connectivity index (χ2n) is 7.42. The van der Waals surface area contributed by atoms with Gasteiger partial charge in [0.25, 0.3) is 0 Å². The fourth-order valence-electron chi connectivity index (χ4n) is 1.56. The van der Waals surface area contributed by atoms with Gasteiger partial charge in [-0.1, -0.05) is 39.8 Å². The number of aromatic nitrogens is 3. The highest BCUT2D eigenvalue weighted by Gasteiger charge is 2.22. The van der Waals surface area contributed by atoms with Gasteiger partial charge in [0.2, 0.25) is 0 Å². The molecule has 1 aromatic heterocycles. The van der Waals surface area contributed by atoms with E-state index in [2.05, 4.69) is 58.8 Å². The normalized spacial score (nSPS) is 13.3. The van der Waals surface area contributed by atoms with Gasteiger partial charge in [-0.15, -0.1) is 5.10 Å². The first-order chi connectivity index (χ1) is 8.59. The van der Waals surface area contributed by atoms with Gasteiger partial charge >= 0.3 is 0 Å². The van der Waals surface area contributed by atoms with Crippen LogP contribution in [0.2, 0.25) is 0 Å². The summed E-state index contributed by atoms with van der Waals surface area (Å²) in [6.07, 6.45) is 2.97. The fraction of sp³-hybridized carbons (Fsp3) is 0.867. The van der Waals surface area contributed by atoms with Crippen molar-refractivity contribution in [1.29, 1.82) is 0 Å². The first-order valence-corrected chi connectivity index (χ1v) is 7.13. The maximum Gasteiger partial charge on any atom is 0.0852 e. The molecule has 1 rings (SSSR count). The van der Waals surface area contributed by atoms with Crippen LogP contribution in [0.15, 0.2) is 6.20 Å². The van der Waals surface area contributed by atoms with Crippen molar-refractivity contribution < 1.29 is 4.74 Å². The fourth-order valence-corrected chi connectivity index (χ4v) is 1.56. The van der Waals surface area contributed by atoms with Gasteiger partial charge < -0.3 is 4.74 Å². The lowest BCUT2D eigenvalue weighted by atomic mass is 9.97. The summed E-state index contributed by atoms with van der Waals surface area (Å²) >= 11 is 0. The molecule has 0 amide bonds. The smallest absolute Gasteiger partial charge is 0.0852 e. The molecule has 0 unspecified atom stereocenters. The molecule has 0 aromatic carbocycles. The maximum atomic E-state index is 6.01. The van der Waals surface area contributed by atoms with Gasteiger partial charge in [0.05, 0.1) is 17.9 Å². The molecule has 0 aliphatic heterocycles. The Hall–Kier alpha value is -0.900. The van der Waals surface area contributed by atoms with Crippen LogP contribution < -0.4 is 0 Å². The SMILES string of the molecule is CC(C)c1cn(CCC(C)(C)OCC(C)(C)C)nn1. The summed E-state index contributed by atoms with van der Waals surface area (Å²) < 4.78 is 7.92. The summed E-state index contributed by atoms with van der Waals surface area (Å²) in [5, 5.41) is 8.33. The van der Waals surface area contributed by atoms with E-state index in [1.165, 1.54) is 0 Å². The van der Waals surface area contributed by atoms with E-state index in [4.69, 9.17) is 4.74 Å². The minimum absolute atomic E-state index is 0.128. The van der Waals surface area contributed by atoms with Crippen molar-refractivity contribution in [2.75, 3.05) is 6.61 Å². The standard InChI is InChI=1S/C15H29N3O/c1-12(2)13-10-18(17-16-13)9-8-15(6,7)19-11-14(3,4)5/h10,12H,8-9,11H2,1-7H3. The highest BCUT2D eigenvalue weighted by atomic mass is 16.5. The molecule has 0 saturated heterocycles. The molecule has 0 bridgehead atoms. The highest BCUT2D eigenvalue weighted by molar-refractivity contribution is 4.98. The van der Waals surface area contributed by atoms with Crippen molar-refractivity contribution >= 4 is 0 Å². The van der Waals surface area contributed by atoms with Crippen LogP contribution in [0.5, 0.6) is 0 Å². The lowest BCUT2D eigenvalue weighted by molar-refractivity contribution is -0.0577. The summed E-state index contributed by atoms with van der Waals surface area (Å²) in [5.74, 6) is 0.430. The second kappa shape index (κ2) is 6.04. The second-order valence-corrected chi connectivity index (χ2v) is 7.42. The topological polar surface area (TPSA) is 39.9 Å². The van der Waals surface area contributed by atoms with E-state index in [1.807, 2.05) is 10.9 Å². The Morgan fingerprint density at radius 1 is 1.21 bits per heavy atom. The number of ether oxygens (including phenoxy) is 1. The minimum atomic E-state index is -0.128. The third-order valence-electron chi connectivity index (χ3n) is 2.99. The molecule has 1 heterocycles. The molecule has 0 saturated carbocycles. The largest absolute Gasteiger partial charge is 0.375 e. The number of rotatable bonds is 6. The van der Waals surface area contributed by atoms with E-state index in [1.54, 1.807) is 0 Å². The van der Waals surface area contributed by atoms with E-state index in [0.717, 1.165) is 25.3 Å². The summed E-state index contributed by atoms with van der Waals surface area (Å²) in [6.45, 7) is 16.7. The van der Waals surface area contributed by atoms with Crippen LogP contribution in [-0.4, -0.2) is 27.2 Å². The summed E-state index contributed by atoms with van der Waals surface area (Å²) in [4.78, 5) is 0. The zero-order valence-corrected chi connectivity index (χ0v) is 13.5. The molecule has 110 valence electrons. The van der Waals surface area contributed by atoms with Crippen LogP contribution in [0.4, 0.5) is 0 Å². The van der Waals surface area contributed by atoms with Crippen molar-refractivity contribution in [2.45, 2.75) is 73.0 Å². The molecule has 0 radical (unpaired) electrons. The van der Waals surface area contributed by atoms with Crippen LogP contribution in [0.3, 0.4) is 0 Å². The number of hydrogen-bond acceptors (Lipinski definition) is 3. The molecule has 0 spiro atoms. The minimum Gasteiger partial charge on any atom is -0.375 e. The quantitative estimate of drug-likeness (QED) is 0.790. The van der Waals surface area contributed by atoms with E-state index < -0.39 is 0 Å². The average molecular weight is 267 g/mol. The van der Waals surface area contributed by atoms with Gasteiger partial charge in [-0.2, -0.15) is 0 Å². The van der Waals surface area contributed by atoms with Crippen molar-refractivity contribution in [3.05, 3.63) is 11.9 Å². The van der Waals surface area contributed by atoms with Gasteiger partial charge in [0.1, 0.15) is 0 Å². The first kappa shape index (κ1) is 16.2. The molecule has 0 atom stereocenters. The molecule has 1 aromatic rings. The Labute approximate surface area is 117 Å². The first-order valence-electron chi connectivity index (χ1n) is 7.13. The van der Waals surface area contributed by atoms with Crippen LogP contribution in [0.25, 0.3) is 0 Å². The lowest BCUT2D eigenvalue weighted by Crippen LogP contribution is -2.30. The van der Waals surface area contributed by atoms with E-state index in [-0.39, 0.29) is 11.0 Å². The van der Waals surface area contributed by atoms with Gasteiger partial charge in [0.15, 0.2) is 0 Å². The third kappa shape index (κ3) is 6.19. The number of hydrogen-bond donors (Lipinski definition) is 0. The lowest BCUT2D eigenvalue weighted by Gasteiger charge is -2.29. The Morgan fingerprint density at radius 3 is 2.32 bits per heavy atom. The molecule has 19 heavy (non-hydrogen) atoms. The summed E-state index contributed by atoms with van der Waals surface area (Å²) in [5.41, 5.74) is 1.13. The molecule has 0 N–H and O–H groups in total. The van der Waals surface area contributed by atoms with Crippen LogP contribution in [-0.2, 0) is 11.3 Å². The van der Waals surface area contributed by atoms with E-state index in [9.17, 15) is 0 Å². The van der Waals surface area contributed by atoms with E-state index in [0.29, 0.717) is 5.92 Å². The molecule has 0 aliphatic rings. The monoisotopic (exact) mass is 267 g/mol. The molecule has 0 fully saturated rings. The van der Waals surface area contributed by atoms with E-state index >= 15 is 0 Å². The Balaban J connectivity index is 2.45. The molecular weight excluding hydrogens is 238 g/mol. The third-order valence-corrected chi connectivity index (χ3v) is 2.99. The number of nitrogens with zero attached hydrogens (tertiary/aromatic N) is 3. The zero-order valence-electron chi connectivity index (χ0n) is 13.5. The van der Waals surface area contributed by atoms with Crippen LogP contribution >= 0.6 is 0 Å². The molecule has 4 heteroatoms. The predicted molar refractivity (Wildman–Crippen MR) is 78.2 cm³/mol. The van der Waals surface area contributed by atoms with Gasteiger partial charge in [-0.3, -0.25) is 4.68 Å². The Morgan fingerprint density at radius 2 is 1.84 bits per heavy atom. The Kier molecular flexibility index (Phi) is 5.13. The van der Waals surface area contributed by atoms with Crippen LogP contribution in [0.1, 0.15) is 66.5 Å². The average Bonchev–Trinajstić information content (AvgIpc) is 2.72. The molecule has 4 nitrogen and oxygen atoms in total. The van der Waals surface area contributed by atoms with Crippen molar-refractivity contribution in [3.8, 4) is 0 Å². The van der Waals surface area contributed by atoms with Gasteiger partial charge in [0, 0.05) is 12.7 Å². The Bertz CT molecular complexity index is 388. The highest BCUT2D eigenvalue weighted by Crippen LogP contribution is 2.21. The van der Waals surface area contributed by atoms with Crippen LogP contribution in [0, 0.1) is 5.41 Å². The summed E-state index contributed by atoms with van der Waals surface area (Å²) in [6, 6.07) is 0. The van der Waals surface area contributed by atoms with Crippen molar-refractivity contribution in [3.63, 3.8) is 0 Å².